The predicted octanol–water partition coefficient (Wildman–Crippen LogP) is 13.7. The summed E-state index contributed by atoms with van der Waals surface area (Å²) in [5, 5.41) is 2.50. The zero-order valence-electron chi connectivity index (χ0n) is 30.4. The molecule has 0 bridgehead atoms. The van der Waals surface area contributed by atoms with Gasteiger partial charge in [0.05, 0.1) is 33.8 Å². The maximum atomic E-state index is 5.21. The summed E-state index contributed by atoms with van der Waals surface area (Å²) in [5.74, 6) is 0.687. The summed E-state index contributed by atoms with van der Waals surface area (Å²) < 4.78 is 2.40. The van der Waals surface area contributed by atoms with Crippen molar-refractivity contribution in [1.82, 2.24) is 14.5 Å². The van der Waals surface area contributed by atoms with E-state index in [1.807, 2.05) is 12.1 Å². The molecule has 4 nitrogen and oxygen atoms in total. The first kappa shape index (κ1) is 31.9. The third-order valence-electron chi connectivity index (χ3n) is 10.9. The third kappa shape index (κ3) is 5.23. The largest absolute Gasteiger partial charge is 0.309 e. The number of rotatable bonds is 5. The van der Waals surface area contributed by atoms with Crippen molar-refractivity contribution < 1.29 is 0 Å². The van der Waals surface area contributed by atoms with Crippen molar-refractivity contribution in [3.05, 3.63) is 206 Å². The number of anilines is 3. The molecule has 2 aromatic heterocycles. The van der Waals surface area contributed by atoms with Crippen molar-refractivity contribution in [2.24, 2.45) is 0 Å². The van der Waals surface area contributed by atoms with Crippen molar-refractivity contribution in [1.29, 1.82) is 0 Å². The highest BCUT2D eigenvalue weighted by Crippen LogP contribution is 2.52. The summed E-state index contributed by atoms with van der Waals surface area (Å²) in [6.45, 7) is 0. The Morgan fingerprint density at radius 3 is 1.39 bits per heavy atom. The molecule has 0 saturated heterocycles. The van der Waals surface area contributed by atoms with Crippen LogP contribution in [0.2, 0.25) is 0 Å². The van der Waals surface area contributed by atoms with Crippen molar-refractivity contribution in [2.75, 3.05) is 4.90 Å². The Balaban J connectivity index is 1.15. The SMILES string of the molecule is c1ccc(-c2cc(-c3ccccc3)nc(-c3ccc4c(c3)-c3ccccc3-c3cc(-n5c6ccccc6c6ccccc65)ccc3N4c3ccccc3)n2)cc1. The van der Waals surface area contributed by atoms with E-state index in [4.69, 9.17) is 9.97 Å². The minimum atomic E-state index is 0.687. The number of para-hydroxylation sites is 3. The summed E-state index contributed by atoms with van der Waals surface area (Å²) in [7, 11) is 0. The molecule has 10 aromatic rings. The molecular formula is C52H34N4. The fraction of sp³-hybridized carbons (Fsp3) is 0. The van der Waals surface area contributed by atoms with E-state index in [0.717, 1.165) is 67.5 Å². The van der Waals surface area contributed by atoms with Crippen LogP contribution in [-0.2, 0) is 0 Å². The molecule has 4 heteroatoms. The van der Waals surface area contributed by atoms with Crippen LogP contribution in [0.25, 0.3) is 83.6 Å². The fourth-order valence-corrected chi connectivity index (χ4v) is 8.39. The number of nitrogens with zero attached hydrogens (tertiary/aromatic N) is 4. The van der Waals surface area contributed by atoms with E-state index in [0.29, 0.717) is 5.82 Å². The highest BCUT2D eigenvalue weighted by atomic mass is 15.2. The van der Waals surface area contributed by atoms with Gasteiger partial charge < -0.3 is 9.47 Å². The molecule has 11 rings (SSSR count). The van der Waals surface area contributed by atoms with E-state index < -0.39 is 0 Å². The summed E-state index contributed by atoms with van der Waals surface area (Å²) in [6.07, 6.45) is 0. The van der Waals surface area contributed by atoms with Crippen LogP contribution in [0, 0.1) is 0 Å². The predicted molar refractivity (Wildman–Crippen MR) is 232 cm³/mol. The minimum Gasteiger partial charge on any atom is -0.309 e. The number of hydrogen-bond acceptors (Lipinski definition) is 3. The Morgan fingerprint density at radius 1 is 0.321 bits per heavy atom. The van der Waals surface area contributed by atoms with Crippen molar-refractivity contribution in [3.63, 3.8) is 0 Å². The maximum absolute atomic E-state index is 5.21. The summed E-state index contributed by atoms with van der Waals surface area (Å²) in [5.41, 5.74) is 16.3. The van der Waals surface area contributed by atoms with Gasteiger partial charge in [-0.2, -0.15) is 0 Å². The van der Waals surface area contributed by atoms with Crippen LogP contribution in [0.3, 0.4) is 0 Å². The normalized spacial score (nSPS) is 11.9. The lowest BCUT2D eigenvalue weighted by Gasteiger charge is -2.28. The molecule has 1 aliphatic heterocycles. The molecule has 0 spiro atoms. The Bertz CT molecular complexity index is 2970. The minimum absolute atomic E-state index is 0.687. The zero-order valence-corrected chi connectivity index (χ0v) is 30.4. The van der Waals surface area contributed by atoms with Crippen LogP contribution < -0.4 is 4.90 Å². The molecule has 0 unspecified atom stereocenters. The average molecular weight is 715 g/mol. The molecular weight excluding hydrogens is 681 g/mol. The van der Waals surface area contributed by atoms with E-state index in [2.05, 4.69) is 204 Å². The topological polar surface area (TPSA) is 34.0 Å². The van der Waals surface area contributed by atoms with E-state index in [-0.39, 0.29) is 0 Å². The van der Waals surface area contributed by atoms with Gasteiger partial charge in [-0.15, -0.1) is 0 Å². The van der Waals surface area contributed by atoms with E-state index >= 15 is 0 Å². The van der Waals surface area contributed by atoms with Crippen molar-refractivity contribution in [2.45, 2.75) is 0 Å². The average Bonchev–Trinajstić information content (AvgIpc) is 3.56. The van der Waals surface area contributed by atoms with E-state index in [1.54, 1.807) is 0 Å². The number of benzene rings is 8. The van der Waals surface area contributed by atoms with Crippen LogP contribution in [0.1, 0.15) is 0 Å². The standard InChI is InChI=1S/C52H34N4/c1-4-16-35(17-5-1)46-34-47(36-18-6-2-7-19-36)54-52(53-46)37-28-30-50-44(32-37)40-22-10-11-23-41(40)45-33-39(29-31-51(45)55(50)38-20-8-3-9-21-38)56-48-26-14-12-24-42(48)43-25-13-15-27-49(43)56/h1-34H. The molecule has 0 saturated carbocycles. The van der Waals surface area contributed by atoms with Gasteiger partial charge in [0.2, 0.25) is 0 Å². The van der Waals surface area contributed by atoms with Gasteiger partial charge in [0.1, 0.15) is 0 Å². The maximum Gasteiger partial charge on any atom is 0.160 e. The Hall–Kier alpha value is -7.56. The highest BCUT2D eigenvalue weighted by molar-refractivity contribution is 6.10. The fourth-order valence-electron chi connectivity index (χ4n) is 8.39. The van der Waals surface area contributed by atoms with Crippen molar-refractivity contribution in [3.8, 4) is 61.8 Å². The highest BCUT2D eigenvalue weighted by Gasteiger charge is 2.28. The molecule has 0 amide bonds. The molecule has 0 aliphatic carbocycles. The Morgan fingerprint density at radius 2 is 0.804 bits per heavy atom. The van der Waals surface area contributed by atoms with Crippen LogP contribution >= 0.6 is 0 Å². The second-order valence-electron chi connectivity index (χ2n) is 14.2. The summed E-state index contributed by atoms with van der Waals surface area (Å²) >= 11 is 0. The number of fused-ring (bicyclic) bond motifs is 8. The Labute approximate surface area is 325 Å². The molecule has 56 heavy (non-hydrogen) atoms. The number of aromatic nitrogens is 3. The lowest BCUT2D eigenvalue weighted by molar-refractivity contribution is 1.17. The second kappa shape index (κ2) is 13.1. The van der Waals surface area contributed by atoms with E-state index in [9.17, 15) is 0 Å². The molecule has 0 radical (unpaired) electrons. The van der Waals surface area contributed by atoms with Crippen molar-refractivity contribution >= 4 is 38.9 Å². The molecule has 262 valence electrons. The van der Waals surface area contributed by atoms with Gasteiger partial charge in [0.15, 0.2) is 5.82 Å². The van der Waals surface area contributed by atoms with Gasteiger partial charge >= 0.3 is 0 Å². The summed E-state index contributed by atoms with van der Waals surface area (Å²) in [6, 6.07) is 73.3. The molecule has 3 heterocycles. The monoisotopic (exact) mass is 714 g/mol. The second-order valence-corrected chi connectivity index (χ2v) is 14.2. The number of hydrogen-bond donors (Lipinski definition) is 0. The lowest BCUT2D eigenvalue weighted by Crippen LogP contribution is -2.11. The first-order chi connectivity index (χ1) is 27.8. The Kier molecular flexibility index (Phi) is 7.46. The van der Waals surface area contributed by atoms with E-state index in [1.165, 1.54) is 27.4 Å². The van der Waals surface area contributed by atoms with Crippen LogP contribution in [0.15, 0.2) is 206 Å². The van der Waals surface area contributed by atoms with Gasteiger partial charge in [-0.1, -0.05) is 140 Å². The van der Waals surface area contributed by atoms with Gasteiger partial charge in [-0.05, 0) is 77.9 Å². The molecule has 0 fully saturated rings. The van der Waals surface area contributed by atoms with Gasteiger partial charge in [0.25, 0.3) is 0 Å². The molecule has 8 aromatic carbocycles. The van der Waals surface area contributed by atoms with Gasteiger partial charge in [-0.25, -0.2) is 9.97 Å². The zero-order chi connectivity index (χ0) is 37.0. The summed E-state index contributed by atoms with van der Waals surface area (Å²) in [4.78, 5) is 12.8. The molecule has 1 aliphatic rings. The molecule has 0 atom stereocenters. The third-order valence-corrected chi connectivity index (χ3v) is 10.9. The quantitative estimate of drug-likeness (QED) is 0.178. The van der Waals surface area contributed by atoms with Gasteiger partial charge in [0, 0.05) is 50.0 Å². The lowest BCUT2D eigenvalue weighted by atomic mass is 9.93. The first-order valence-electron chi connectivity index (χ1n) is 19.0. The smallest absolute Gasteiger partial charge is 0.160 e. The van der Waals surface area contributed by atoms with Gasteiger partial charge in [-0.3, -0.25) is 0 Å². The first-order valence-corrected chi connectivity index (χ1v) is 19.0. The van der Waals surface area contributed by atoms with Crippen LogP contribution in [0.4, 0.5) is 17.1 Å². The van der Waals surface area contributed by atoms with Crippen LogP contribution in [0.5, 0.6) is 0 Å². The van der Waals surface area contributed by atoms with Crippen LogP contribution in [-0.4, -0.2) is 14.5 Å². The molecule has 0 N–H and O–H groups in total.